The van der Waals surface area contributed by atoms with Crippen molar-refractivity contribution >= 4 is 40.0 Å². The van der Waals surface area contributed by atoms with E-state index in [-0.39, 0.29) is 22.4 Å². The van der Waals surface area contributed by atoms with E-state index in [1.807, 2.05) is 30.3 Å². The number of hydrogen-bond donors (Lipinski definition) is 0. The van der Waals surface area contributed by atoms with Crippen LogP contribution in [-0.2, 0) is 4.79 Å². The Bertz CT molecular complexity index is 1400. The SMILES string of the molecule is O=C1CSC(c2ccc([N+](=O)[O-])cc2)N1c1ccc(-c2cc(=O)c3ccccc3o2)cc1. The minimum Gasteiger partial charge on any atom is -0.456 e. The molecule has 0 bridgehead atoms. The van der Waals surface area contributed by atoms with E-state index in [4.69, 9.17) is 4.42 Å². The minimum absolute atomic E-state index is 0.0100. The number of benzene rings is 3. The molecule has 7 nitrogen and oxygen atoms in total. The zero-order valence-corrected chi connectivity index (χ0v) is 17.5. The van der Waals surface area contributed by atoms with Crippen LogP contribution in [0, 0.1) is 10.1 Å². The van der Waals surface area contributed by atoms with Gasteiger partial charge in [-0.1, -0.05) is 12.1 Å². The van der Waals surface area contributed by atoms with Crippen molar-refractivity contribution < 1.29 is 14.1 Å². The average Bonchev–Trinajstić information content (AvgIpc) is 3.20. The van der Waals surface area contributed by atoms with Gasteiger partial charge in [-0.15, -0.1) is 11.8 Å². The van der Waals surface area contributed by atoms with Gasteiger partial charge in [0, 0.05) is 29.4 Å². The molecule has 1 saturated heterocycles. The Kier molecular flexibility index (Phi) is 4.99. The van der Waals surface area contributed by atoms with Gasteiger partial charge in [-0.25, -0.2) is 0 Å². The third kappa shape index (κ3) is 3.54. The Morgan fingerprint density at radius 3 is 2.41 bits per heavy atom. The van der Waals surface area contributed by atoms with E-state index >= 15 is 0 Å². The lowest BCUT2D eigenvalue weighted by molar-refractivity contribution is -0.384. The number of amides is 1. The fourth-order valence-corrected chi connectivity index (χ4v) is 4.92. The van der Waals surface area contributed by atoms with Crippen molar-refractivity contribution in [2.75, 3.05) is 10.7 Å². The topological polar surface area (TPSA) is 93.7 Å². The maximum Gasteiger partial charge on any atom is 0.269 e. The number of nitro benzene ring substituents is 1. The molecule has 1 unspecified atom stereocenters. The maximum atomic E-state index is 12.6. The molecule has 3 aromatic carbocycles. The molecule has 1 aliphatic rings. The number of para-hydroxylation sites is 1. The first-order chi connectivity index (χ1) is 15.5. The number of nitro groups is 1. The molecular formula is C24H16N2O5S. The molecule has 1 amide bonds. The van der Waals surface area contributed by atoms with Gasteiger partial charge in [-0.2, -0.15) is 0 Å². The van der Waals surface area contributed by atoms with Crippen LogP contribution in [0.3, 0.4) is 0 Å². The van der Waals surface area contributed by atoms with Gasteiger partial charge >= 0.3 is 0 Å². The molecular weight excluding hydrogens is 428 g/mol. The van der Waals surface area contributed by atoms with Crippen molar-refractivity contribution in [2.45, 2.75) is 5.37 Å². The molecule has 1 aromatic heterocycles. The van der Waals surface area contributed by atoms with E-state index in [0.717, 1.165) is 11.1 Å². The number of fused-ring (bicyclic) bond motifs is 1. The molecule has 8 heteroatoms. The number of thioether (sulfide) groups is 1. The lowest BCUT2D eigenvalue weighted by atomic mass is 10.1. The first-order valence-electron chi connectivity index (χ1n) is 9.82. The van der Waals surface area contributed by atoms with Crippen molar-refractivity contribution in [1.29, 1.82) is 0 Å². The van der Waals surface area contributed by atoms with E-state index in [9.17, 15) is 19.7 Å². The van der Waals surface area contributed by atoms with Crippen LogP contribution < -0.4 is 10.3 Å². The summed E-state index contributed by atoms with van der Waals surface area (Å²) in [6.07, 6.45) is 0. The molecule has 2 heterocycles. The second-order valence-electron chi connectivity index (χ2n) is 7.29. The van der Waals surface area contributed by atoms with E-state index in [1.54, 1.807) is 35.2 Å². The summed E-state index contributed by atoms with van der Waals surface area (Å²) in [7, 11) is 0. The first kappa shape index (κ1) is 20.0. The number of hydrogen-bond acceptors (Lipinski definition) is 6. The second-order valence-corrected chi connectivity index (χ2v) is 8.36. The van der Waals surface area contributed by atoms with Gasteiger partial charge in [0.05, 0.1) is 16.1 Å². The number of anilines is 1. The molecule has 0 radical (unpaired) electrons. The molecule has 1 atom stereocenters. The van der Waals surface area contributed by atoms with Crippen LogP contribution in [-0.4, -0.2) is 16.6 Å². The predicted octanol–water partition coefficient (Wildman–Crippen LogP) is 5.15. The number of rotatable bonds is 4. The normalized spacial score (nSPS) is 15.9. The fourth-order valence-electron chi connectivity index (χ4n) is 3.74. The third-order valence-corrected chi connectivity index (χ3v) is 6.53. The van der Waals surface area contributed by atoms with E-state index in [2.05, 4.69) is 0 Å². The Morgan fingerprint density at radius 2 is 1.69 bits per heavy atom. The quantitative estimate of drug-likeness (QED) is 0.319. The van der Waals surface area contributed by atoms with Gasteiger partial charge < -0.3 is 4.42 Å². The smallest absolute Gasteiger partial charge is 0.269 e. The standard InChI is InChI=1S/C24H16N2O5S/c27-20-13-22(31-21-4-2-1-3-19(20)21)15-5-9-17(10-6-15)25-23(28)14-32-24(25)16-7-11-18(12-8-16)26(29)30/h1-13,24H,14H2. The van der Waals surface area contributed by atoms with Crippen LogP contribution in [0.5, 0.6) is 0 Å². The highest BCUT2D eigenvalue weighted by Crippen LogP contribution is 2.42. The Hall–Kier alpha value is -3.91. The highest BCUT2D eigenvalue weighted by atomic mass is 32.2. The molecule has 5 rings (SSSR count). The first-order valence-corrected chi connectivity index (χ1v) is 10.9. The van der Waals surface area contributed by atoms with Crippen LogP contribution in [0.25, 0.3) is 22.3 Å². The van der Waals surface area contributed by atoms with Crippen LogP contribution in [0.1, 0.15) is 10.9 Å². The minimum atomic E-state index is -0.446. The highest BCUT2D eigenvalue weighted by Gasteiger charge is 2.34. The zero-order chi connectivity index (χ0) is 22.2. The van der Waals surface area contributed by atoms with Crippen LogP contribution in [0.2, 0.25) is 0 Å². The Labute approximate surface area is 186 Å². The average molecular weight is 444 g/mol. The molecule has 0 spiro atoms. The van der Waals surface area contributed by atoms with E-state index < -0.39 is 4.92 Å². The molecule has 32 heavy (non-hydrogen) atoms. The van der Waals surface area contributed by atoms with Crippen molar-refractivity contribution in [3.05, 3.63) is 105 Å². The van der Waals surface area contributed by atoms with Gasteiger partial charge in [0.1, 0.15) is 16.7 Å². The fraction of sp³-hybridized carbons (Fsp3) is 0.0833. The van der Waals surface area contributed by atoms with E-state index in [0.29, 0.717) is 28.2 Å². The van der Waals surface area contributed by atoms with Crippen molar-refractivity contribution in [2.24, 2.45) is 0 Å². The van der Waals surface area contributed by atoms with Gasteiger partial charge in [-0.3, -0.25) is 24.6 Å². The van der Waals surface area contributed by atoms with E-state index in [1.165, 1.54) is 30.0 Å². The lowest BCUT2D eigenvalue weighted by Crippen LogP contribution is -2.27. The molecule has 158 valence electrons. The van der Waals surface area contributed by atoms with Crippen LogP contribution in [0.15, 0.2) is 88.1 Å². The van der Waals surface area contributed by atoms with Gasteiger partial charge in [0.15, 0.2) is 5.43 Å². The molecule has 0 N–H and O–H groups in total. The zero-order valence-electron chi connectivity index (χ0n) is 16.6. The molecule has 1 aliphatic heterocycles. The lowest BCUT2D eigenvalue weighted by Gasteiger charge is -2.24. The van der Waals surface area contributed by atoms with Crippen molar-refractivity contribution in [3.63, 3.8) is 0 Å². The monoisotopic (exact) mass is 444 g/mol. The molecule has 0 aliphatic carbocycles. The number of nitrogens with zero attached hydrogens (tertiary/aromatic N) is 2. The molecule has 4 aromatic rings. The summed E-state index contributed by atoms with van der Waals surface area (Å²) < 4.78 is 5.90. The molecule has 0 saturated carbocycles. The largest absolute Gasteiger partial charge is 0.456 e. The Morgan fingerprint density at radius 1 is 0.969 bits per heavy atom. The summed E-state index contributed by atoms with van der Waals surface area (Å²) >= 11 is 1.47. The number of carbonyl (C=O) groups excluding carboxylic acids is 1. The summed E-state index contributed by atoms with van der Waals surface area (Å²) in [5.74, 6) is 0.737. The summed E-state index contributed by atoms with van der Waals surface area (Å²) in [5.41, 5.74) is 2.66. The summed E-state index contributed by atoms with van der Waals surface area (Å²) in [5, 5.41) is 11.2. The summed E-state index contributed by atoms with van der Waals surface area (Å²) in [4.78, 5) is 37.2. The highest BCUT2D eigenvalue weighted by molar-refractivity contribution is 8.00. The maximum absolute atomic E-state index is 12.6. The second kappa shape index (κ2) is 7.97. The van der Waals surface area contributed by atoms with Crippen molar-refractivity contribution in [1.82, 2.24) is 0 Å². The van der Waals surface area contributed by atoms with Gasteiger partial charge in [0.25, 0.3) is 5.69 Å². The van der Waals surface area contributed by atoms with Gasteiger partial charge in [-0.05, 0) is 54.1 Å². The summed E-state index contributed by atoms with van der Waals surface area (Å²) in [6.45, 7) is 0. The predicted molar refractivity (Wildman–Crippen MR) is 124 cm³/mol. The number of non-ortho nitro benzene ring substituents is 1. The molecule has 1 fully saturated rings. The van der Waals surface area contributed by atoms with Crippen LogP contribution >= 0.6 is 11.8 Å². The van der Waals surface area contributed by atoms with Gasteiger partial charge in [0.2, 0.25) is 5.91 Å². The van der Waals surface area contributed by atoms with Crippen LogP contribution in [0.4, 0.5) is 11.4 Å². The summed E-state index contributed by atoms with van der Waals surface area (Å²) in [6, 6.07) is 22.0. The van der Waals surface area contributed by atoms with Crippen molar-refractivity contribution in [3.8, 4) is 11.3 Å². The Balaban J connectivity index is 1.46. The number of carbonyl (C=O) groups is 1. The third-order valence-electron chi connectivity index (χ3n) is 5.32.